The molecule has 0 amide bonds. The predicted octanol–water partition coefficient (Wildman–Crippen LogP) is 4.62. The zero-order chi connectivity index (χ0) is 13.8. The number of hydrogen-bond acceptors (Lipinski definition) is 1. The van der Waals surface area contributed by atoms with Gasteiger partial charge in [0.1, 0.15) is 0 Å². The van der Waals surface area contributed by atoms with Gasteiger partial charge in [0.25, 0.3) is 0 Å². The Morgan fingerprint density at radius 3 is 2.75 bits per heavy atom. The van der Waals surface area contributed by atoms with Gasteiger partial charge in [-0.2, -0.15) is 0 Å². The van der Waals surface area contributed by atoms with Crippen molar-refractivity contribution in [2.24, 2.45) is 5.92 Å². The van der Waals surface area contributed by atoms with Gasteiger partial charge in [0.05, 0.1) is 0 Å². The van der Waals surface area contributed by atoms with Gasteiger partial charge >= 0.3 is 0 Å². The molecular weight excluding hydrogens is 244 g/mol. The van der Waals surface area contributed by atoms with Crippen LogP contribution in [0.2, 0.25) is 0 Å². The van der Waals surface area contributed by atoms with E-state index in [9.17, 15) is 0 Å². The maximum absolute atomic E-state index is 3.76. The molecular formula is C18H26N2. The molecule has 0 saturated heterocycles. The highest BCUT2D eigenvalue weighted by atomic mass is 14.9. The first-order valence-corrected chi connectivity index (χ1v) is 8.13. The second-order valence-electron chi connectivity index (χ2n) is 6.28. The monoisotopic (exact) mass is 270 g/mol. The van der Waals surface area contributed by atoms with Crippen molar-refractivity contribution >= 4 is 10.9 Å². The molecule has 1 aromatic heterocycles. The molecule has 0 spiro atoms. The van der Waals surface area contributed by atoms with Gasteiger partial charge in [-0.25, -0.2) is 0 Å². The van der Waals surface area contributed by atoms with E-state index in [-0.39, 0.29) is 0 Å². The van der Waals surface area contributed by atoms with E-state index in [0.717, 1.165) is 12.5 Å². The zero-order valence-corrected chi connectivity index (χ0v) is 12.5. The Morgan fingerprint density at radius 2 is 1.95 bits per heavy atom. The number of aromatic amines is 1. The van der Waals surface area contributed by atoms with E-state index < -0.39 is 0 Å². The van der Waals surface area contributed by atoms with E-state index in [0.29, 0.717) is 6.04 Å². The smallest absolute Gasteiger partial charge is 0.0499 e. The first-order valence-electron chi connectivity index (χ1n) is 8.13. The van der Waals surface area contributed by atoms with Crippen LogP contribution in [0, 0.1) is 5.92 Å². The quantitative estimate of drug-likeness (QED) is 0.780. The summed E-state index contributed by atoms with van der Waals surface area (Å²) in [5.41, 5.74) is 2.67. The summed E-state index contributed by atoms with van der Waals surface area (Å²) in [5, 5.41) is 5.07. The highest BCUT2D eigenvalue weighted by Gasteiger charge is 2.18. The second-order valence-corrected chi connectivity index (χ2v) is 6.28. The summed E-state index contributed by atoms with van der Waals surface area (Å²) >= 11 is 0. The number of hydrogen-bond donors (Lipinski definition) is 2. The molecule has 0 bridgehead atoms. The maximum Gasteiger partial charge on any atom is 0.0499 e. The summed E-state index contributed by atoms with van der Waals surface area (Å²) < 4.78 is 0. The summed E-state index contributed by atoms with van der Waals surface area (Å²) in [6.07, 6.45) is 10.5. The van der Waals surface area contributed by atoms with E-state index in [4.69, 9.17) is 0 Å². The number of aromatic nitrogens is 1. The van der Waals surface area contributed by atoms with Crippen molar-refractivity contribution in [1.29, 1.82) is 0 Å². The standard InChI is InChI=1S/C18H26N2/c1-14(15-7-4-2-3-5-8-15)20-13-17-10-6-9-16-11-12-19-18(16)17/h6,9-12,14-15,19-20H,2-5,7-8,13H2,1H3/t14-/m0/s1. The lowest BCUT2D eigenvalue weighted by molar-refractivity contribution is 0.337. The topological polar surface area (TPSA) is 27.8 Å². The number of nitrogens with one attached hydrogen (secondary N) is 2. The Labute approximate surface area is 122 Å². The summed E-state index contributed by atoms with van der Waals surface area (Å²) in [4.78, 5) is 3.36. The molecule has 1 aliphatic carbocycles. The summed E-state index contributed by atoms with van der Waals surface area (Å²) in [6, 6.07) is 9.32. The number of fused-ring (bicyclic) bond motifs is 1. The van der Waals surface area contributed by atoms with Gasteiger partial charge in [0, 0.05) is 24.3 Å². The van der Waals surface area contributed by atoms with E-state index in [1.807, 2.05) is 6.20 Å². The van der Waals surface area contributed by atoms with Crippen LogP contribution >= 0.6 is 0 Å². The molecule has 1 saturated carbocycles. The number of para-hydroxylation sites is 1. The van der Waals surface area contributed by atoms with Gasteiger partial charge in [0.15, 0.2) is 0 Å². The van der Waals surface area contributed by atoms with E-state index >= 15 is 0 Å². The lowest BCUT2D eigenvalue weighted by Gasteiger charge is -2.23. The van der Waals surface area contributed by atoms with Crippen molar-refractivity contribution in [3.05, 3.63) is 36.0 Å². The lowest BCUT2D eigenvalue weighted by Crippen LogP contribution is -2.33. The molecule has 2 N–H and O–H groups in total. The maximum atomic E-state index is 3.76. The number of rotatable bonds is 4. The van der Waals surface area contributed by atoms with Crippen molar-refractivity contribution < 1.29 is 0 Å². The van der Waals surface area contributed by atoms with Gasteiger partial charge in [-0.15, -0.1) is 0 Å². The molecule has 108 valence electrons. The lowest BCUT2D eigenvalue weighted by atomic mass is 9.93. The van der Waals surface area contributed by atoms with Gasteiger partial charge in [-0.3, -0.25) is 0 Å². The number of benzene rings is 1. The first-order chi connectivity index (χ1) is 9.84. The van der Waals surface area contributed by atoms with Crippen LogP contribution in [0.3, 0.4) is 0 Å². The summed E-state index contributed by atoms with van der Waals surface area (Å²) in [7, 11) is 0. The molecule has 2 heteroatoms. The molecule has 0 aliphatic heterocycles. The average molecular weight is 270 g/mol. The minimum Gasteiger partial charge on any atom is -0.361 e. The Morgan fingerprint density at radius 1 is 1.15 bits per heavy atom. The normalized spacial score (nSPS) is 19.1. The highest BCUT2D eigenvalue weighted by molar-refractivity contribution is 5.82. The first kappa shape index (κ1) is 13.7. The molecule has 20 heavy (non-hydrogen) atoms. The van der Waals surface area contributed by atoms with Crippen molar-refractivity contribution in [2.45, 2.75) is 58.0 Å². The van der Waals surface area contributed by atoms with Gasteiger partial charge < -0.3 is 10.3 Å². The van der Waals surface area contributed by atoms with Gasteiger partial charge in [0.2, 0.25) is 0 Å². The van der Waals surface area contributed by atoms with E-state index in [1.165, 1.54) is 55.0 Å². The Kier molecular flexibility index (Phi) is 4.41. The average Bonchev–Trinajstić information content (AvgIpc) is 2.79. The van der Waals surface area contributed by atoms with Gasteiger partial charge in [-0.05, 0) is 42.7 Å². The van der Waals surface area contributed by atoms with E-state index in [1.54, 1.807) is 0 Å². The van der Waals surface area contributed by atoms with Crippen molar-refractivity contribution in [3.8, 4) is 0 Å². The fourth-order valence-corrected chi connectivity index (χ4v) is 3.55. The molecule has 1 fully saturated rings. The SMILES string of the molecule is C[C@H](NCc1cccc2cc[nH]c12)C1CCCCCC1. The van der Waals surface area contributed by atoms with Crippen molar-refractivity contribution in [2.75, 3.05) is 0 Å². The summed E-state index contributed by atoms with van der Waals surface area (Å²) in [5.74, 6) is 0.861. The minimum atomic E-state index is 0.623. The molecule has 1 atom stereocenters. The second kappa shape index (κ2) is 6.45. The van der Waals surface area contributed by atoms with Crippen LogP contribution in [0.15, 0.2) is 30.5 Å². The van der Waals surface area contributed by atoms with E-state index in [2.05, 4.69) is 41.5 Å². The largest absolute Gasteiger partial charge is 0.361 e. The fourth-order valence-electron chi connectivity index (χ4n) is 3.55. The molecule has 2 nitrogen and oxygen atoms in total. The third kappa shape index (κ3) is 3.06. The molecule has 0 radical (unpaired) electrons. The van der Waals surface area contributed by atoms with Crippen LogP contribution in [0.5, 0.6) is 0 Å². The van der Waals surface area contributed by atoms with Crippen LogP contribution in [0.4, 0.5) is 0 Å². The van der Waals surface area contributed by atoms with Crippen LogP contribution in [0.25, 0.3) is 10.9 Å². The number of H-pyrrole nitrogens is 1. The van der Waals surface area contributed by atoms with Crippen molar-refractivity contribution in [3.63, 3.8) is 0 Å². The molecule has 3 rings (SSSR count). The van der Waals surface area contributed by atoms with Crippen LogP contribution < -0.4 is 5.32 Å². The Hall–Kier alpha value is -1.28. The Bertz CT molecular complexity index is 535. The van der Waals surface area contributed by atoms with Crippen LogP contribution in [-0.2, 0) is 6.54 Å². The predicted molar refractivity (Wildman–Crippen MR) is 85.8 cm³/mol. The minimum absolute atomic E-state index is 0.623. The third-order valence-corrected chi connectivity index (χ3v) is 4.89. The van der Waals surface area contributed by atoms with Crippen molar-refractivity contribution in [1.82, 2.24) is 10.3 Å². The molecule has 2 aromatic rings. The zero-order valence-electron chi connectivity index (χ0n) is 12.5. The third-order valence-electron chi connectivity index (χ3n) is 4.89. The molecule has 1 heterocycles. The van der Waals surface area contributed by atoms with Crippen LogP contribution in [0.1, 0.15) is 51.0 Å². The molecule has 0 unspecified atom stereocenters. The molecule has 1 aromatic carbocycles. The fraction of sp³-hybridized carbons (Fsp3) is 0.556. The Balaban J connectivity index is 1.62. The van der Waals surface area contributed by atoms with Crippen LogP contribution in [-0.4, -0.2) is 11.0 Å². The highest BCUT2D eigenvalue weighted by Crippen LogP contribution is 2.26. The molecule has 1 aliphatic rings. The van der Waals surface area contributed by atoms with Gasteiger partial charge in [-0.1, -0.05) is 43.9 Å². The summed E-state index contributed by atoms with van der Waals surface area (Å²) in [6.45, 7) is 3.33.